The minimum atomic E-state index is -0.320. The molecular weight excluding hydrogens is 269 g/mol. The predicted molar refractivity (Wildman–Crippen MR) is 80.9 cm³/mol. The van der Waals surface area contributed by atoms with Crippen molar-refractivity contribution in [2.24, 2.45) is 7.05 Å². The van der Waals surface area contributed by atoms with Gasteiger partial charge in [-0.25, -0.2) is 4.39 Å². The fraction of sp³-hybridized carbons (Fsp3) is 0.438. The summed E-state index contributed by atoms with van der Waals surface area (Å²) in [6.45, 7) is 2.91. The highest BCUT2D eigenvalue weighted by molar-refractivity contribution is 5.30. The number of nitrogens with one attached hydrogen (secondary N) is 1. The SMILES string of the molecule is COc1ccc([C@@H](C)NCCCc2cnn(C)c2)cc1F. The molecule has 1 atom stereocenters. The van der Waals surface area contributed by atoms with Gasteiger partial charge in [-0.3, -0.25) is 4.68 Å². The van der Waals surface area contributed by atoms with Crippen LogP contribution in [-0.2, 0) is 13.5 Å². The molecule has 0 radical (unpaired) electrons. The lowest BCUT2D eigenvalue weighted by Gasteiger charge is -2.15. The average molecular weight is 291 g/mol. The first-order chi connectivity index (χ1) is 10.1. The maximum atomic E-state index is 13.7. The van der Waals surface area contributed by atoms with Crippen LogP contribution in [0.4, 0.5) is 4.39 Å². The largest absolute Gasteiger partial charge is 0.494 e. The summed E-state index contributed by atoms with van der Waals surface area (Å²) in [5.41, 5.74) is 2.16. The van der Waals surface area contributed by atoms with E-state index in [0.29, 0.717) is 0 Å². The van der Waals surface area contributed by atoms with Gasteiger partial charge in [-0.15, -0.1) is 0 Å². The molecule has 4 nitrogen and oxygen atoms in total. The van der Waals surface area contributed by atoms with Gasteiger partial charge in [-0.1, -0.05) is 6.07 Å². The average Bonchev–Trinajstić information content (AvgIpc) is 2.89. The maximum Gasteiger partial charge on any atom is 0.165 e. The summed E-state index contributed by atoms with van der Waals surface area (Å²) < 4.78 is 20.4. The number of rotatable bonds is 7. The number of benzene rings is 1. The van der Waals surface area contributed by atoms with Gasteiger partial charge < -0.3 is 10.1 Å². The Labute approximate surface area is 124 Å². The monoisotopic (exact) mass is 291 g/mol. The summed E-state index contributed by atoms with van der Waals surface area (Å²) in [5, 5.41) is 7.55. The first-order valence-corrected chi connectivity index (χ1v) is 7.14. The molecule has 0 bridgehead atoms. The van der Waals surface area contributed by atoms with Crippen LogP contribution in [0.15, 0.2) is 30.6 Å². The Morgan fingerprint density at radius 3 is 2.86 bits per heavy atom. The van der Waals surface area contributed by atoms with E-state index in [4.69, 9.17) is 4.74 Å². The first kappa shape index (κ1) is 15.5. The fourth-order valence-corrected chi connectivity index (χ4v) is 2.28. The molecule has 0 aliphatic heterocycles. The summed E-state index contributed by atoms with van der Waals surface area (Å²) in [6.07, 6.45) is 5.93. The van der Waals surface area contributed by atoms with Gasteiger partial charge in [0.2, 0.25) is 0 Å². The minimum Gasteiger partial charge on any atom is -0.494 e. The zero-order chi connectivity index (χ0) is 15.2. The summed E-state index contributed by atoms with van der Waals surface area (Å²) in [6, 6.07) is 5.19. The second kappa shape index (κ2) is 7.22. The maximum absolute atomic E-state index is 13.7. The Morgan fingerprint density at radius 2 is 2.24 bits per heavy atom. The minimum absolute atomic E-state index is 0.110. The summed E-state index contributed by atoms with van der Waals surface area (Å²) in [5.74, 6) is -0.0402. The molecule has 21 heavy (non-hydrogen) atoms. The number of aromatic nitrogens is 2. The highest BCUT2D eigenvalue weighted by atomic mass is 19.1. The van der Waals surface area contributed by atoms with Gasteiger partial charge in [0, 0.05) is 19.3 Å². The van der Waals surface area contributed by atoms with Gasteiger partial charge in [-0.05, 0) is 49.6 Å². The van der Waals surface area contributed by atoms with Gasteiger partial charge >= 0.3 is 0 Å². The molecule has 0 aliphatic carbocycles. The predicted octanol–water partition coefficient (Wildman–Crippen LogP) is 2.85. The normalized spacial score (nSPS) is 12.4. The second-order valence-electron chi connectivity index (χ2n) is 5.20. The Bertz CT molecular complexity index is 583. The summed E-state index contributed by atoms with van der Waals surface area (Å²) >= 11 is 0. The zero-order valence-corrected chi connectivity index (χ0v) is 12.8. The molecule has 2 aromatic rings. The van der Waals surface area contributed by atoms with Crippen molar-refractivity contribution in [3.05, 3.63) is 47.5 Å². The third-order valence-corrected chi connectivity index (χ3v) is 3.53. The Balaban J connectivity index is 1.79. The Kier molecular flexibility index (Phi) is 5.33. The van der Waals surface area contributed by atoms with Crippen LogP contribution in [0.25, 0.3) is 0 Å². The standard InChI is InChI=1S/C16H22FN3O/c1-12(14-6-7-16(21-3)15(17)9-14)18-8-4-5-13-10-19-20(2)11-13/h6-7,9-12,18H,4-5,8H2,1-3H3/t12-/m1/s1. The lowest BCUT2D eigenvalue weighted by molar-refractivity contribution is 0.385. The van der Waals surface area contributed by atoms with Crippen molar-refractivity contribution in [1.29, 1.82) is 0 Å². The number of hydrogen-bond donors (Lipinski definition) is 1. The van der Waals surface area contributed by atoms with E-state index in [9.17, 15) is 4.39 Å². The van der Waals surface area contributed by atoms with Crippen molar-refractivity contribution in [3.8, 4) is 5.75 Å². The van der Waals surface area contributed by atoms with Crippen molar-refractivity contribution in [2.45, 2.75) is 25.8 Å². The quantitative estimate of drug-likeness (QED) is 0.797. The Hall–Kier alpha value is -1.88. The Morgan fingerprint density at radius 1 is 1.43 bits per heavy atom. The van der Waals surface area contributed by atoms with Crippen LogP contribution in [0.1, 0.15) is 30.5 Å². The van der Waals surface area contributed by atoms with Crippen LogP contribution < -0.4 is 10.1 Å². The van der Waals surface area contributed by atoms with Gasteiger partial charge in [-0.2, -0.15) is 5.10 Å². The summed E-state index contributed by atoms with van der Waals surface area (Å²) in [4.78, 5) is 0. The molecule has 1 N–H and O–H groups in total. The molecule has 0 unspecified atom stereocenters. The highest BCUT2D eigenvalue weighted by Gasteiger charge is 2.09. The second-order valence-corrected chi connectivity index (χ2v) is 5.20. The topological polar surface area (TPSA) is 39.1 Å². The smallest absolute Gasteiger partial charge is 0.165 e. The lowest BCUT2D eigenvalue weighted by Crippen LogP contribution is -2.20. The third-order valence-electron chi connectivity index (χ3n) is 3.53. The van der Waals surface area contributed by atoms with Crippen molar-refractivity contribution in [1.82, 2.24) is 15.1 Å². The number of ether oxygens (including phenoxy) is 1. The van der Waals surface area contributed by atoms with E-state index in [1.165, 1.54) is 18.7 Å². The molecule has 0 amide bonds. The molecule has 114 valence electrons. The van der Waals surface area contributed by atoms with Gasteiger partial charge in [0.25, 0.3) is 0 Å². The molecule has 0 spiro atoms. The molecule has 5 heteroatoms. The molecule has 1 heterocycles. The van der Waals surface area contributed by atoms with Crippen molar-refractivity contribution in [2.75, 3.05) is 13.7 Å². The zero-order valence-electron chi connectivity index (χ0n) is 12.8. The van der Waals surface area contributed by atoms with E-state index in [0.717, 1.165) is 24.9 Å². The van der Waals surface area contributed by atoms with Crippen LogP contribution in [-0.4, -0.2) is 23.4 Å². The van der Waals surface area contributed by atoms with Gasteiger partial charge in [0.1, 0.15) is 0 Å². The van der Waals surface area contributed by atoms with E-state index >= 15 is 0 Å². The number of hydrogen-bond acceptors (Lipinski definition) is 3. The molecule has 0 fully saturated rings. The van der Waals surface area contributed by atoms with Gasteiger partial charge in [0.05, 0.1) is 13.3 Å². The molecule has 0 saturated heterocycles. The number of halogens is 1. The van der Waals surface area contributed by atoms with E-state index < -0.39 is 0 Å². The lowest BCUT2D eigenvalue weighted by atomic mass is 10.1. The molecule has 2 rings (SSSR count). The fourth-order valence-electron chi connectivity index (χ4n) is 2.28. The highest BCUT2D eigenvalue weighted by Crippen LogP contribution is 2.21. The van der Waals surface area contributed by atoms with Crippen LogP contribution in [0.3, 0.4) is 0 Å². The van der Waals surface area contributed by atoms with E-state index in [1.807, 2.05) is 37.1 Å². The van der Waals surface area contributed by atoms with Crippen LogP contribution in [0.2, 0.25) is 0 Å². The van der Waals surface area contributed by atoms with E-state index in [-0.39, 0.29) is 17.6 Å². The van der Waals surface area contributed by atoms with Gasteiger partial charge in [0.15, 0.2) is 11.6 Å². The van der Waals surface area contributed by atoms with Crippen LogP contribution in [0, 0.1) is 5.82 Å². The molecule has 0 aliphatic rings. The number of methoxy groups -OCH3 is 1. The number of aryl methyl sites for hydroxylation is 2. The van der Waals surface area contributed by atoms with Crippen LogP contribution >= 0.6 is 0 Å². The van der Waals surface area contributed by atoms with Crippen molar-refractivity contribution >= 4 is 0 Å². The van der Waals surface area contributed by atoms with E-state index in [2.05, 4.69) is 10.4 Å². The van der Waals surface area contributed by atoms with Crippen molar-refractivity contribution in [3.63, 3.8) is 0 Å². The molecular formula is C16H22FN3O. The molecule has 1 aromatic heterocycles. The third kappa shape index (κ3) is 4.29. The van der Waals surface area contributed by atoms with Crippen LogP contribution in [0.5, 0.6) is 5.75 Å². The molecule has 1 aromatic carbocycles. The van der Waals surface area contributed by atoms with E-state index in [1.54, 1.807) is 6.07 Å². The summed E-state index contributed by atoms with van der Waals surface area (Å²) in [7, 11) is 3.39. The number of nitrogens with zero attached hydrogens (tertiary/aromatic N) is 2. The van der Waals surface area contributed by atoms with Crippen molar-refractivity contribution < 1.29 is 9.13 Å². The molecule has 0 saturated carbocycles. The first-order valence-electron chi connectivity index (χ1n) is 7.14.